The molecule has 1 aliphatic rings. The number of halogens is 2. The Morgan fingerprint density at radius 3 is 2.64 bits per heavy atom. The van der Waals surface area contributed by atoms with Crippen LogP contribution in [-0.2, 0) is 9.47 Å². The van der Waals surface area contributed by atoms with Gasteiger partial charge in [-0.2, -0.15) is 0 Å². The second-order valence-electron chi connectivity index (χ2n) is 2.56. The summed E-state index contributed by atoms with van der Waals surface area (Å²) in [4.78, 5) is 10.4. The van der Waals surface area contributed by atoms with Gasteiger partial charge in [-0.3, -0.25) is 0 Å². The van der Waals surface area contributed by atoms with Gasteiger partial charge in [0.05, 0.1) is 0 Å². The number of cyclic esters (lactones) is 2. The first kappa shape index (κ1) is 8.23. The Balaban J connectivity index is 2.71. The molecule has 1 aliphatic heterocycles. The average Bonchev–Trinajstić information content (AvgIpc) is 2.27. The molecule has 0 bridgehead atoms. The molecule has 1 fully saturated rings. The fourth-order valence-corrected chi connectivity index (χ4v) is 0.829. The fraction of sp³-hybridized carbons (Fsp3) is 0.833. The highest BCUT2D eigenvalue weighted by Crippen LogP contribution is 2.27. The van der Waals surface area contributed by atoms with Crippen LogP contribution >= 0.6 is 0 Å². The van der Waals surface area contributed by atoms with E-state index in [4.69, 9.17) is 0 Å². The standard InChI is InChI=1S/C6H8F2O3/c1-6(3-8)4(2-7)10-5(9)11-6/h4H,2-3H2,1H3. The predicted molar refractivity (Wildman–Crippen MR) is 31.7 cm³/mol. The summed E-state index contributed by atoms with van der Waals surface area (Å²) in [6.07, 6.45) is -2.12. The Hall–Kier alpha value is -0.870. The summed E-state index contributed by atoms with van der Waals surface area (Å²) < 4.78 is 33.0. The van der Waals surface area contributed by atoms with Crippen LogP contribution in [0.1, 0.15) is 6.92 Å². The maximum absolute atomic E-state index is 12.2. The van der Waals surface area contributed by atoms with Gasteiger partial charge < -0.3 is 9.47 Å². The van der Waals surface area contributed by atoms with Crippen LogP contribution < -0.4 is 0 Å². The van der Waals surface area contributed by atoms with Gasteiger partial charge in [0.15, 0.2) is 11.7 Å². The maximum Gasteiger partial charge on any atom is 0.509 e. The lowest BCUT2D eigenvalue weighted by atomic mass is 10.0. The lowest BCUT2D eigenvalue weighted by molar-refractivity contribution is 0.0138. The second kappa shape index (κ2) is 2.64. The highest BCUT2D eigenvalue weighted by atomic mass is 19.1. The zero-order chi connectivity index (χ0) is 8.48. The van der Waals surface area contributed by atoms with Crippen LogP contribution in [0.5, 0.6) is 0 Å². The van der Waals surface area contributed by atoms with Crippen molar-refractivity contribution in [1.82, 2.24) is 0 Å². The van der Waals surface area contributed by atoms with Gasteiger partial charge in [-0.25, -0.2) is 13.6 Å². The molecule has 1 heterocycles. The fourth-order valence-electron chi connectivity index (χ4n) is 0.829. The molecule has 2 unspecified atom stereocenters. The van der Waals surface area contributed by atoms with Crippen LogP contribution in [0, 0.1) is 0 Å². The minimum Gasteiger partial charge on any atom is -0.424 e. The van der Waals surface area contributed by atoms with Crippen molar-refractivity contribution in [2.45, 2.75) is 18.6 Å². The summed E-state index contributed by atoms with van der Waals surface area (Å²) in [7, 11) is 0. The number of alkyl halides is 2. The van der Waals surface area contributed by atoms with Gasteiger partial charge in [0.25, 0.3) is 0 Å². The van der Waals surface area contributed by atoms with E-state index in [1.807, 2.05) is 0 Å². The van der Waals surface area contributed by atoms with Gasteiger partial charge in [0.2, 0.25) is 0 Å². The molecule has 0 aliphatic carbocycles. The lowest BCUT2D eigenvalue weighted by Crippen LogP contribution is -2.40. The van der Waals surface area contributed by atoms with Crippen LogP contribution in [0.4, 0.5) is 13.6 Å². The van der Waals surface area contributed by atoms with Crippen LogP contribution in [0.3, 0.4) is 0 Å². The first-order valence-electron chi connectivity index (χ1n) is 3.14. The summed E-state index contributed by atoms with van der Waals surface area (Å²) in [6.45, 7) is -0.568. The van der Waals surface area contributed by atoms with Crippen molar-refractivity contribution < 1.29 is 23.0 Å². The van der Waals surface area contributed by atoms with Crippen molar-refractivity contribution in [3.05, 3.63) is 0 Å². The van der Waals surface area contributed by atoms with Gasteiger partial charge in [-0.1, -0.05) is 0 Å². The zero-order valence-electron chi connectivity index (χ0n) is 5.97. The first-order chi connectivity index (χ1) is 5.12. The van der Waals surface area contributed by atoms with Gasteiger partial charge in [0.1, 0.15) is 13.3 Å². The molecule has 0 saturated carbocycles. The molecular weight excluding hydrogens is 158 g/mol. The molecule has 1 rings (SSSR count). The highest BCUT2D eigenvalue weighted by Gasteiger charge is 2.48. The van der Waals surface area contributed by atoms with E-state index in [9.17, 15) is 13.6 Å². The number of ether oxygens (including phenoxy) is 2. The van der Waals surface area contributed by atoms with E-state index in [0.717, 1.165) is 0 Å². The third kappa shape index (κ3) is 1.27. The molecule has 0 amide bonds. The van der Waals surface area contributed by atoms with Gasteiger partial charge in [-0.05, 0) is 6.92 Å². The van der Waals surface area contributed by atoms with Crippen LogP contribution in [0.25, 0.3) is 0 Å². The van der Waals surface area contributed by atoms with E-state index in [2.05, 4.69) is 9.47 Å². The topological polar surface area (TPSA) is 35.5 Å². The summed E-state index contributed by atoms with van der Waals surface area (Å²) in [5.74, 6) is 0. The van der Waals surface area contributed by atoms with E-state index in [1.54, 1.807) is 0 Å². The SMILES string of the molecule is CC1(CF)OC(=O)OC1CF. The minimum atomic E-state index is -1.44. The highest BCUT2D eigenvalue weighted by molar-refractivity contribution is 5.63. The average molecular weight is 166 g/mol. The molecule has 0 aromatic heterocycles. The summed E-state index contributed by atoms with van der Waals surface area (Å²) in [6, 6.07) is 0. The molecule has 2 atom stereocenters. The van der Waals surface area contributed by atoms with Crippen molar-refractivity contribution in [3.8, 4) is 0 Å². The molecule has 3 nitrogen and oxygen atoms in total. The summed E-state index contributed by atoms with van der Waals surface area (Å²) in [5, 5.41) is 0. The van der Waals surface area contributed by atoms with Crippen molar-refractivity contribution in [2.24, 2.45) is 0 Å². The quantitative estimate of drug-likeness (QED) is 0.578. The number of rotatable bonds is 2. The number of hydrogen-bond donors (Lipinski definition) is 0. The van der Waals surface area contributed by atoms with E-state index in [1.165, 1.54) is 6.92 Å². The van der Waals surface area contributed by atoms with Gasteiger partial charge in [-0.15, -0.1) is 0 Å². The van der Waals surface area contributed by atoms with Crippen LogP contribution in [0.15, 0.2) is 0 Å². The predicted octanol–water partition coefficient (Wildman–Crippen LogP) is 1.22. The molecule has 1 saturated heterocycles. The van der Waals surface area contributed by atoms with Crippen molar-refractivity contribution in [3.63, 3.8) is 0 Å². The van der Waals surface area contributed by atoms with E-state index >= 15 is 0 Å². The minimum absolute atomic E-state index is 0.924. The Kier molecular flexibility index (Phi) is 1.97. The molecule has 5 heteroatoms. The van der Waals surface area contributed by atoms with E-state index in [-0.39, 0.29) is 0 Å². The molecular formula is C6H8F2O3. The Bertz CT molecular complexity index is 173. The summed E-state index contributed by atoms with van der Waals surface area (Å²) >= 11 is 0. The van der Waals surface area contributed by atoms with Gasteiger partial charge >= 0.3 is 6.16 Å². The zero-order valence-corrected chi connectivity index (χ0v) is 5.97. The first-order valence-corrected chi connectivity index (χ1v) is 3.14. The monoisotopic (exact) mass is 166 g/mol. The third-order valence-electron chi connectivity index (χ3n) is 1.64. The smallest absolute Gasteiger partial charge is 0.424 e. The Labute approximate surface area is 62.3 Å². The number of carbonyl (C=O) groups excluding carboxylic acids is 1. The Morgan fingerprint density at radius 2 is 2.27 bits per heavy atom. The molecule has 0 radical (unpaired) electrons. The van der Waals surface area contributed by atoms with E-state index in [0.29, 0.717) is 0 Å². The van der Waals surface area contributed by atoms with Crippen LogP contribution in [-0.4, -0.2) is 31.2 Å². The van der Waals surface area contributed by atoms with E-state index < -0.39 is 31.2 Å². The normalized spacial score (nSPS) is 36.6. The second-order valence-corrected chi connectivity index (χ2v) is 2.56. The maximum atomic E-state index is 12.2. The third-order valence-corrected chi connectivity index (χ3v) is 1.64. The van der Waals surface area contributed by atoms with Gasteiger partial charge in [0, 0.05) is 0 Å². The lowest BCUT2D eigenvalue weighted by Gasteiger charge is -2.20. The molecule has 0 aromatic carbocycles. The number of hydrogen-bond acceptors (Lipinski definition) is 3. The van der Waals surface area contributed by atoms with Crippen molar-refractivity contribution in [1.29, 1.82) is 0 Å². The Morgan fingerprint density at radius 1 is 1.64 bits per heavy atom. The number of carbonyl (C=O) groups is 1. The molecule has 0 spiro atoms. The summed E-state index contributed by atoms with van der Waals surface area (Å²) in [5.41, 5.74) is -1.44. The molecule has 64 valence electrons. The van der Waals surface area contributed by atoms with Crippen LogP contribution in [0.2, 0.25) is 0 Å². The van der Waals surface area contributed by atoms with Crippen molar-refractivity contribution >= 4 is 6.16 Å². The van der Waals surface area contributed by atoms with Crippen molar-refractivity contribution in [2.75, 3.05) is 13.3 Å². The molecule has 0 N–H and O–H groups in total. The molecule has 11 heavy (non-hydrogen) atoms. The molecule has 0 aromatic rings. The largest absolute Gasteiger partial charge is 0.509 e.